The molecule has 1 aliphatic heterocycles. The van der Waals surface area contributed by atoms with E-state index in [0.29, 0.717) is 5.25 Å². The summed E-state index contributed by atoms with van der Waals surface area (Å²) in [5, 5.41) is 0.438. The Kier molecular flexibility index (Phi) is 4.13. The molecule has 0 nitrogen and oxygen atoms in total. The van der Waals surface area contributed by atoms with Gasteiger partial charge in [-0.15, -0.1) is 11.8 Å². The molecule has 1 aromatic rings. The Morgan fingerprint density at radius 3 is 2.54 bits per heavy atom. The molecule has 2 heteroatoms. The highest BCUT2D eigenvalue weighted by atomic mass is 79.9. The second-order valence-corrected chi connectivity index (χ2v) is 11.0. The van der Waals surface area contributed by atoms with E-state index in [1.165, 1.54) is 59.5 Å². The molecule has 5 rings (SSSR count). The summed E-state index contributed by atoms with van der Waals surface area (Å²) in [6.45, 7) is 11.6. The lowest BCUT2D eigenvalue weighted by Gasteiger charge is -2.33. The van der Waals surface area contributed by atoms with E-state index >= 15 is 0 Å². The number of fused-ring (bicyclic) bond motifs is 3. The Morgan fingerprint density at radius 1 is 1.04 bits per heavy atom. The van der Waals surface area contributed by atoms with Gasteiger partial charge in [0.1, 0.15) is 0 Å². The van der Waals surface area contributed by atoms with Gasteiger partial charge in [-0.1, -0.05) is 55.8 Å². The number of hydrogen-bond donors (Lipinski definition) is 0. The number of rotatable bonds is 2. The highest BCUT2D eigenvalue weighted by Crippen LogP contribution is 2.57. The second kappa shape index (κ2) is 6.24. The predicted octanol–water partition coefficient (Wildman–Crippen LogP) is 7.91. The van der Waals surface area contributed by atoms with Gasteiger partial charge in [0, 0.05) is 9.90 Å². The fraction of sp³-hybridized carbons (Fsp3) is 0.308. The van der Waals surface area contributed by atoms with Crippen LogP contribution in [0.5, 0.6) is 0 Å². The van der Waals surface area contributed by atoms with E-state index in [9.17, 15) is 0 Å². The molecule has 0 saturated carbocycles. The van der Waals surface area contributed by atoms with Crippen LogP contribution in [-0.4, -0.2) is 5.25 Å². The smallest absolute Gasteiger partial charge is 0.0544 e. The van der Waals surface area contributed by atoms with E-state index in [1.54, 1.807) is 0 Å². The highest BCUT2D eigenvalue weighted by molar-refractivity contribution is 9.12. The molecule has 0 aromatic heterocycles. The molecule has 1 atom stereocenters. The largest absolute Gasteiger partial charge is 0.118 e. The topological polar surface area (TPSA) is 0 Å². The minimum atomic E-state index is 0.0127. The summed E-state index contributed by atoms with van der Waals surface area (Å²) >= 11 is 5.98. The zero-order valence-corrected chi connectivity index (χ0v) is 19.5. The van der Waals surface area contributed by atoms with Gasteiger partial charge in [0.05, 0.1) is 5.25 Å². The van der Waals surface area contributed by atoms with Crippen molar-refractivity contribution < 1.29 is 0 Å². The van der Waals surface area contributed by atoms with Crippen molar-refractivity contribution in [3.05, 3.63) is 95.9 Å². The molecule has 0 bridgehead atoms. The monoisotopic (exact) mass is 448 g/mol. The van der Waals surface area contributed by atoms with Crippen LogP contribution < -0.4 is 0 Å². The van der Waals surface area contributed by atoms with Crippen molar-refractivity contribution in [3.63, 3.8) is 0 Å². The van der Waals surface area contributed by atoms with E-state index < -0.39 is 0 Å². The zero-order valence-electron chi connectivity index (χ0n) is 17.1. The molecule has 4 aliphatic rings. The number of benzene rings is 1. The van der Waals surface area contributed by atoms with E-state index in [-0.39, 0.29) is 5.41 Å². The molecular formula is C26H25BrS. The highest BCUT2D eigenvalue weighted by Gasteiger charge is 2.41. The maximum atomic E-state index is 3.98. The van der Waals surface area contributed by atoms with E-state index in [0.717, 1.165) is 6.42 Å². The predicted molar refractivity (Wildman–Crippen MR) is 126 cm³/mol. The van der Waals surface area contributed by atoms with Crippen LogP contribution in [-0.2, 0) is 6.42 Å². The molecule has 1 aromatic carbocycles. The summed E-state index contributed by atoms with van der Waals surface area (Å²) in [6, 6.07) is 8.82. The van der Waals surface area contributed by atoms with Crippen LogP contribution in [0.2, 0.25) is 0 Å². The van der Waals surface area contributed by atoms with Gasteiger partial charge >= 0.3 is 0 Å². The Morgan fingerprint density at radius 2 is 1.79 bits per heavy atom. The molecule has 0 amide bonds. The number of halogens is 1. The van der Waals surface area contributed by atoms with Crippen LogP contribution in [0, 0.1) is 5.41 Å². The number of thioether (sulfide) groups is 1. The minimum absolute atomic E-state index is 0.0127. The van der Waals surface area contributed by atoms with Crippen LogP contribution >= 0.6 is 27.7 Å². The van der Waals surface area contributed by atoms with Gasteiger partial charge in [-0.05, 0) is 98.7 Å². The van der Waals surface area contributed by atoms with Gasteiger partial charge < -0.3 is 0 Å². The maximum absolute atomic E-state index is 3.98. The van der Waals surface area contributed by atoms with Crippen molar-refractivity contribution in [1.29, 1.82) is 0 Å². The van der Waals surface area contributed by atoms with Gasteiger partial charge in [-0.25, -0.2) is 0 Å². The van der Waals surface area contributed by atoms with Crippen LogP contribution in [0.1, 0.15) is 45.7 Å². The lowest BCUT2D eigenvalue weighted by Crippen LogP contribution is -2.22. The third-order valence-corrected chi connectivity index (χ3v) is 8.96. The van der Waals surface area contributed by atoms with Gasteiger partial charge in [0.25, 0.3) is 0 Å². The molecule has 142 valence electrons. The average Bonchev–Trinajstić information content (AvgIpc) is 3.30. The van der Waals surface area contributed by atoms with Gasteiger partial charge in [-0.2, -0.15) is 0 Å². The maximum Gasteiger partial charge on any atom is 0.0544 e. The van der Waals surface area contributed by atoms with Crippen molar-refractivity contribution in [3.8, 4) is 0 Å². The Labute approximate surface area is 181 Å². The summed E-state index contributed by atoms with van der Waals surface area (Å²) < 4.78 is 1.30. The summed E-state index contributed by atoms with van der Waals surface area (Å²) in [5.74, 6) is 0. The Bertz CT molecular complexity index is 1110. The lowest BCUT2D eigenvalue weighted by molar-refractivity contribution is 0.538. The van der Waals surface area contributed by atoms with Crippen LogP contribution in [0.4, 0.5) is 0 Å². The first-order valence-electron chi connectivity index (χ1n) is 9.98. The van der Waals surface area contributed by atoms with Crippen LogP contribution in [0.15, 0.2) is 84.8 Å². The van der Waals surface area contributed by atoms with E-state index in [2.05, 4.69) is 93.0 Å². The van der Waals surface area contributed by atoms with Gasteiger partial charge in [-0.3, -0.25) is 0 Å². The molecule has 1 unspecified atom stereocenters. The van der Waals surface area contributed by atoms with Crippen molar-refractivity contribution in [2.75, 3.05) is 0 Å². The fourth-order valence-corrected chi connectivity index (χ4v) is 7.49. The lowest BCUT2D eigenvalue weighted by atomic mass is 9.71. The quantitative estimate of drug-likeness (QED) is 0.442. The summed E-state index contributed by atoms with van der Waals surface area (Å²) in [7, 11) is 0. The molecule has 0 saturated heterocycles. The molecule has 28 heavy (non-hydrogen) atoms. The zero-order chi connectivity index (χ0) is 19.8. The van der Waals surface area contributed by atoms with Crippen LogP contribution in [0.25, 0.3) is 6.08 Å². The van der Waals surface area contributed by atoms with Crippen molar-refractivity contribution in [2.45, 2.75) is 46.3 Å². The molecule has 3 aliphatic carbocycles. The third kappa shape index (κ3) is 2.50. The van der Waals surface area contributed by atoms with Crippen molar-refractivity contribution in [1.82, 2.24) is 0 Å². The first-order chi connectivity index (χ1) is 13.3. The molecule has 0 spiro atoms. The standard InChI is InChI=1S/C26H25BrS/c1-14-10-21-20(13-22-23(25(21)27)15(2)16(3)28-22)24(14)26(4,5)19-11-17-8-6-7-9-18(17)12-19/h6-11,13,22H,12H2,1-5H3. The van der Waals surface area contributed by atoms with Crippen LogP contribution in [0.3, 0.4) is 0 Å². The van der Waals surface area contributed by atoms with Gasteiger partial charge in [0.15, 0.2) is 0 Å². The molecule has 0 N–H and O–H groups in total. The summed E-state index contributed by atoms with van der Waals surface area (Å²) in [4.78, 5) is 1.45. The summed E-state index contributed by atoms with van der Waals surface area (Å²) in [5.41, 5.74) is 13.0. The average molecular weight is 449 g/mol. The second-order valence-electron chi connectivity index (χ2n) is 8.81. The Hall–Kier alpha value is -1.51. The van der Waals surface area contributed by atoms with Crippen molar-refractivity contribution >= 4 is 33.8 Å². The normalized spacial score (nSPS) is 23.6. The van der Waals surface area contributed by atoms with Gasteiger partial charge in [0.2, 0.25) is 0 Å². The van der Waals surface area contributed by atoms with Crippen molar-refractivity contribution in [2.24, 2.45) is 5.41 Å². The Balaban J connectivity index is 1.57. The molecule has 0 radical (unpaired) electrons. The minimum Gasteiger partial charge on any atom is -0.118 e. The summed E-state index contributed by atoms with van der Waals surface area (Å²) in [6.07, 6.45) is 8.40. The van der Waals surface area contributed by atoms with E-state index in [4.69, 9.17) is 0 Å². The molecular weight excluding hydrogens is 424 g/mol. The third-order valence-electron chi connectivity index (χ3n) is 6.82. The SMILES string of the molecule is CC1=C(C(C)(C)C2=Cc3ccccc3C2)C2=CC3SC(C)=C(C)C3=C(Br)C2=C1. The number of allylic oxidation sites excluding steroid dienone is 9. The van der Waals surface area contributed by atoms with E-state index in [1.807, 2.05) is 11.8 Å². The first-order valence-corrected chi connectivity index (χ1v) is 11.7. The molecule has 0 fully saturated rings. The molecule has 1 heterocycles. The fourth-order valence-electron chi connectivity index (χ4n) is 5.18. The first kappa shape index (κ1) is 18.5. The number of hydrogen-bond acceptors (Lipinski definition) is 1.